The van der Waals surface area contributed by atoms with Crippen LogP contribution in [0.4, 0.5) is 4.39 Å². The molecule has 0 fully saturated rings. The van der Waals surface area contributed by atoms with Crippen molar-refractivity contribution in [3.05, 3.63) is 35.1 Å². The Kier molecular flexibility index (Phi) is 5.09. The highest BCUT2D eigenvalue weighted by Gasteiger charge is 2.07. The Morgan fingerprint density at radius 3 is 2.53 bits per heavy atom. The van der Waals surface area contributed by atoms with Crippen molar-refractivity contribution in [3.63, 3.8) is 0 Å². The van der Waals surface area contributed by atoms with E-state index in [1.54, 1.807) is 6.07 Å². The van der Waals surface area contributed by atoms with Crippen molar-refractivity contribution in [2.24, 2.45) is 0 Å². The lowest BCUT2D eigenvalue weighted by Crippen LogP contribution is -2.40. The molecule has 0 heterocycles. The fourth-order valence-corrected chi connectivity index (χ4v) is 1.58. The average molecular weight is 238 g/mol. The maximum atomic E-state index is 13.0. The molecule has 0 saturated carbocycles. The third kappa shape index (κ3) is 5.80. The summed E-state index contributed by atoms with van der Waals surface area (Å²) in [6.45, 7) is 10.9. The SMILES string of the molecule is Cc1ccc(F)cc1CNCCNC(C)(C)C. The highest BCUT2D eigenvalue weighted by atomic mass is 19.1. The molecule has 0 atom stereocenters. The summed E-state index contributed by atoms with van der Waals surface area (Å²) in [5.41, 5.74) is 2.31. The highest BCUT2D eigenvalue weighted by molar-refractivity contribution is 5.26. The first-order valence-electron chi connectivity index (χ1n) is 6.09. The normalized spacial score (nSPS) is 11.8. The Hall–Kier alpha value is -0.930. The van der Waals surface area contributed by atoms with Gasteiger partial charge in [-0.2, -0.15) is 0 Å². The van der Waals surface area contributed by atoms with Gasteiger partial charge in [0, 0.05) is 25.2 Å². The minimum atomic E-state index is -0.166. The molecule has 96 valence electrons. The number of benzene rings is 1. The van der Waals surface area contributed by atoms with Gasteiger partial charge >= 0.3 is 0 Å². The van der Waals surface area contributed by atoms with Crippen LogP contribution in [0.1, 0.15) is 31.9 Å². The van der Waals surface area contributed by atoms with E-state index in [2.05, 4.69) is 31.4 Å². The number of rotatable bonds is 5. The zero-order valence-corrected chi connectivity index (χ0v) is 11.2. The number of nitrogens with one attached hydrogen (secondary N) is 2. The molecule has 0 aliphatic rings. The van der Waals surface area contributed by atoms with Crippen LogP contribution in [0.5, 0.6) is 0 Å². The summed E-state index contributed by atoms with van der Waals surface area (Å²) in [5.74, 6) is -0.166. The van der Waals surface area contributed by atoms with E-state index in [1.807, 2.05) is 13.0 Å². The van der Waals surface area contributed by atoms with Crippen LogP contribution in [0, 0.1) is 12.7 Å². The van der Waals surface area contributed by atoms with Crippen molar-refractivity contribution in [2.75, 3.05) is 13.1 Å². The maximum Gasteiger partial charge on any atom is 0.123 e. The third-order valence-electron chi connectivity index (χ3n) is 2.58. The Bertz CT molecular complexity index is 356. The molecule has 0 aromatic heterocycles. The van der Waals surface area contributed by atoms with Crippen molar-refractivity contribution < 1.29 is 4.39 Å². The van der Waals surface area contributed by atoms with Gasteiger partial charge in [-0.3, -0.25) is 0 Å². The van der Waals surface area contributed by atoms with Gasteiger partial charge in [0.25, 0.3) is 0 Å². The number of halogens is 1. The summed E-state index contributed by atoms with van der Waals surface area (Å²) in [6.07, 6.45) is 0. The summed E-state index contributed by atoms with van der Waals surface area (Å²) < 4.78 is 13.0. The second-order valence-electron chi connectivity index (χ2n) is 5.42. The predicted molar refractivity (Wildman–Crippen MR) is 70.6 cm³/mol. The van der Waals surface area contributed by atoms with Crippen LogP contribution in [-0.4, -0.2) is 18.6 Å². The molecule has 0 aliphatic carbocycles. The van der Waals surface area contributed by atoms with Gasteiger partial charge in [-0.15, -0.1) is 0 Å². The summed E-state index contributed by atoms with van der Waals surface area (Å²) >= 11 is 0. The molecule has 1 rings (SSSR count). The Morgan fingerprint density at radius 2 is 1.88 bits per heavy atom. The minimum Gasteiger partial charge on any atom is -0.311 e. The topological polar surface area (TPSA) is 24.1 Å². The molecule has 0 amide bonds. The van der Waals surface area contributed by atoms with Crippen LogP contribution in [0.3, 0.4) is 0 Å². The summed E-state index contributed by atoms with van der Waals surface area (Å²) in [6, 6.07) is 4.92. The Labute approximate surface area is 104 Å². The Balaban J connectivity index is 2.29. The second-order valence-corrected chi connectivity index (χ2v) is 5.42. The van der Waals surface area contributed by atoms with Gasteiger partial charge in [0.15, 0.2) is 0 Å². The number of hydrogen-bond donors (Lipinski definition) is 2. The summed E-state index contributed by atoms with van der Waals surface area (Å²) in [5, 5.41) is 6.71. The first kappa shape index (κ1) is 14.1. The van der Waals surface area contributed by atoms with E-state index in [4.69, 9.17) is 0 Å². The monoisotopic (exact) mass is 238 g/mol. The van der Waals surface area contributed by atoms with Gasteiger partial charge in [-0.25, -0.2) is 4.39 Å². The van der Waals surface area contributed by atoms with Gasteiger partial charge in [0.2, 0.25) is 0 Å². The zero-order chi connectivity index (χ0) is 12.9. The molecule has 0 bridgehead atoms. The first-order valence-corrected chi connectivity index (χ1v) is 6.09. The van der Waals surface area contributed by atoms with E-state index in [9.17, 15) is 4.39 Å². The highest BCUT2D eigenvalue weighted by Crippen LogP contribution is 2.09. The fraction of sp³-hybridized carbons (Fsp3) is 0.571. The fourth-order valence-electron chi connectivity index (χ4n) is 1.58. The molecule has 3 heteroatoms. The van der Waals surface area contributed by atoms with Crippen LogP contribution in [0.25, 0.3) is 0 Å². The maximum absolute atomic E-state index is 13.0. The van der Waals surface area contributed by atoms with Crippen LogP contribution in [-0.2, 0) is 6.54 Å². The average Bonchev–Trinajstić information content (AvgIpc) is 2.21. The molecular formula is C14H23FN2. The lowest BCUT2D eigenvalue weighted by Gasteiger charge is -2.20. The van der Waals surface area contributed by atoms with Gasteiger partial charge in [0.1, 0.15) is 5.82 Å². The standard InChI is InChI=1S/C14H23FN2/c1-11-5-6-13(15)9-12(11)10-16-7-8-17-14(2,3)4/h5-6,9,16-17H,7-8,10H2,1-4H3. The van der Waals surface area contributed by atoms with E-state index in [0.29, 0.717) is 0 Å². The molecule has 0 saturated heterocycles. The Morgan fingerprint density at radius 1 is 1.18 bits per heavy atom. The van der Waals surface area contributed by atoms with Gasteiger partial charge in [0.05, 0.1) is 0 Å². The summed E-state index contributed by atoms with van der Waals surface area (Å²) in [7, 11) is 0. The molecule has 1 aromatic rings. The molecule has 0 radical (unpaired) electrons. The van der Waals surface area contributed by atoms with Gasteiger partial charge < -0.3 is 10.6 Å². The van der Waals surface area contributed by atoms with Crippen molar-refractivity contribution in [3.8, 4) is 0 Å². The van der Waals surface area contributed by atoms with E-state index in [-0.39, 0.29) is 11.4 Å². The molecule has 0 unspecified atom stereocenters. The molecule has 0 spiro atoms. The molecule has 0 aliphatic heterocycles. The molecule has 1 aromatic carbocycles. The number of aryl methyl sites for hydroxylation is 1. The van der Waals surface area contributed by atoms with Crippen molar-refractivity contribution in [1.82, 2.24) is 10.6 Å². The first-order chi connectivity index (χ1) is 7.88. The minimum absolute atomic E-state index is 0.149. The third-order valence-corrected chi connectivity index (χ3v) is 2.58. The zero-order valence-electron chi connectivity index (χ0n) is 11.2. The largest absolute Gasteiger partial charge is 0.311 e. The van der Waals surface area contributed by atoms with E-state index in [0.717, 1.165) is 30.8 Å². The van der Waals surface area contributed by atoms with Crippen molar-refractivity contribution in [2.45, 2.75) is 39.8 Å². The molecule has 17 heavy (non-hydrogen) atoms. The molecule has 2 nitrogen and oxygen atoms in total. The molecule has 2 N–H and O–H groups in total. The quantitative estimate of drug-likeness (QED) is 0.771. The van der Waals surface area contributed by atoms with Crippen LogP contribution in [0.2, 0.25) is 0 Å². The predicted octanol–water partition coefficient (Wildman–Crippen LogP) is 2.61. The van der Waals surface area contributed by atoms with E-state index in [1.165, 1.54) is 6.07 Å². The van der Waals surface area contributed by atoms with Gasteiger partial charge in [-0.05, 0) is 51.0 Å². The van der Waals surface area contributed by atoms with Crippen molar-refractivity contribution >= 4 is 0 Å². The van der Waals surface area contributed by atoms with Crippen LogP contribution in [0.15, 0.2) is 18.2 Å². The lowest BCUT2D eigenvalue weighted by molar-refractivity contribution is 0.421. The van der Waals surface area contributed by atoms with E-state index < -0.39 is 0 Å². The van der Waals surface area contributed by atoms with Crippen molar-refractivity contribution in [1.29, 1.82) is 0 Å². The summed E-state index contributed by atoms with van der Waals surface area (Å²) in [4.78, 5) is 0. The second kappa shape index (κ2) is 6.12. The lowest BCUT2D eigenvalue weighted by atomic mass is 10.1. The van der Waals surface area contributed by atoms with Crippen LogP contribution >= 0.6 is 0 Å². The number of hydrogen-bond acceptors (Lipinski definition) is 2. The smallest absolute Gasteiger partial charge is 0.123 e. The van der Waals surface area contributed by atoms with Gasteiger partial charge in [-0.1, -0.05) is 6.07 Å². The van der Waals surface area contributed by atoms with Crippen LogP contribution < -0.4 is 10.6 Å². The van der Waals surface area contributed by atoms with E-state index >= 15 is 0 Å². The molecular weight excluding hydrogens is 215 g/mol.